The number of nitrogens with zero attached hydrogens (tertiary/aromatic N) is 4. The minimum atomic E-state index is -0.314. The molecule has 0 saturated heterocycles. The molecule has 2 aliphatic rings. The van der Waals surface area contributed by atoms with Crippen molar-refractivity contribution >= 4 is 56.7 Å². The summed E-state index contributed by atoms with van der Waals surface area (Å²) in [6, 6.07) is 7.53. The molecule has 0 bridgehead atoms. The third kappa shape index (κ3) is 2.69. The van der Waals surface area contributed by atoms with E-state index in [9.17, 15) is 9.59 Å². The fourth-order valence-electron chi connectivity index (χ4n) is 4.46. The van der Waals surface area contributed by atoms with Crippen molar-refractivity contribution in [1.29, 1.82) is 0 Å². The van der Waals surface area contributed by atoms with E-state index < -0.39 is 0 Å². The number of aromatic nitrogens is 3. The molecule has 1 aliphatic heterocycles. The monoisotopic (exact) mass is 460 g/mol. The van der Waals surface area contributed by atoms with Crippen LogP contribution in [0, 0.1) is 11.3 Å². The SMILES string of the molecule is CCN1C(=O)/C(=c2\sc3nc([C@H]4[C@H](C=C(Cl)Cl)C4(C)C)nn3c2=O)c2ccccc21. The standard InChI is InChI=1S/C21H18Cl2N4O2S/c1-4-26-12-8-6-5-7-10(12)14(18(26)28)16-19(29)27-20(30-16)24-17(25-27)15-11(9-13(22)23)21(15,2)3/h5-9,11,15H,4H2,1-3H3/b16-14-/t11-,15+/m0/s1. The van der Waals surface area contributed by atoms with Crippen molar-refractivity contribution in [1.82, 2.24) is 14.6 Å². The molecule has 1 fully saturated rings. The van der Waals surface area contributed by atoms with Gasteiger partial charge in [-0.15, -0.1) is 5.10 Å². The number of carbonyl (C=O) groups is 1. The number of likely N-dealkylation sites (N-methyl/N-ethyl adjacent to an activating group) is 1. The summed E-state index contributed by atoms with van der Waals surface area (Å²) in [5.74, 6) is 0.594. The summed E-state index contributed by atoms with van der Waals surface area (Å²) in [5.41, 5.74) is 1.63. The lowest BCUT2D eigenvalue weighted by Gasteiger charge is -2.13. The van der Waals surface area contributed by atoms with Crippen LogP contribution in [0.1, 0.15) is 38.1 Å². The molecule has 9 heteroatoms. The molecule has 3 aromatic rings. The van der Waals surface area contributed by atoms with E-state index >= 15 is 0 Å². The highest BCUT2D eigenvalue weighted by Gasteiger charge is 2.59. The molecule has 1 amide bonds. The first-order valence-corrected chi connectivity index (χ1v) is 11.2. The van der Waals surface area contributed by atoms with E-state index in [2.05, 4.69) is 23.9 Å². The molecular formula is C21H18Cl2N4O2S. The molecule has 30 heavy (non-hydrogen) atoms. The molecule has 2 atom stereocenters. The number of thiazole rings is 1. The highest BCUT2D eigenvalue weighted by molar-refractivity contribution is 7.15. The average Bonchev–Trinajstić information content (AvgIpc) is 3.03. The second kappa shape index (κ2) is 6.64. The Morgan fingerprint density at radius 3 is 2.67 bits per heavy atom. The number of hydrogen-bond acceptors (Lipinski definition) is 5. The molecule has 0 spiro atoms. The quantitative estimate of drug-likeness (QED) is 0.599. The van der Waals surface area contributed by atoms with E-state index in [1.165, 1.54) is 15.9 Å². The summed E-state index contributed by atoms with van der Waals surface area (Å²) in [5, 5.41) is 4.49. The molecule has 0 N–H and O–H groups in total. The van der Waals surface area contributed by atoms with Gasteiger partial charge in [-0.3, -0.25) is 9.59 Å². The van der Waals surface area contributed by atoms with Gasteiger partial charge in [0.2, 0.25) is 4.96 Å². The van der Waals surface area contributed by atoms with Gasteiger partial charge in [0, 0.05) is 18.0 Å². The largest absolute Gasteiger partial charge is 0.308 e. The molecular weight excluding hydrogens is 443 g/mol. The van der Waals surface area contributed by atoms with Gasteiger partial charge in [0.1, 0.15) is 9.02 Å². The number of rotatable bonds is 3. The Balaban J connectivity index is 1.65. The molecule has 0 unspecified atom stereocenters. The lowest BCUT2D eigenvalue weighted by atomic mass is 10.1. The van der Waals surface area contributed by atoms with Crippen molar-refractivity contribution in [2.75, 3.05) is 11.4 Å². The van der Waals surface area contributed by atoms with Crippen LogP contribution < -0.4 is 15.0 Å². The Labute approximate surface area is 186 Å². The average molecular weight is 461 g/mol. The van der Waals surface area contributed by atoms with Gasteiger partial charge in [-0.1, -0.05) is 66.6 Å². The minimum Gasteiger partial charge on any atom is -0.308 e. The number of benzene rings is 1. The van der Waals surface area contributed by atoms with E-state index in [-0.39, 0.29) is 33.2 Å². The number of halogens is 2. The Bertz CT molecular complexity index is 1350. The Morgan fingerprint density at radius 1 is 1.27 bits per heavy atom. The zero-order valence-corrected chi connectivity index (χ0v) is 18.8. The van der Waals surface area contributed by atoms with Gasteiger partial charge in [-0.2, -0.15) is 4.52 Å². The van der Waals surface area contributed by atoms with Crippen LogP contribution in [-0.4, -0.2) is 27.0 Å². The second-order valence-corrected chi connectivity index (χ2v) is 10.1. The summed E-state index contributed by atoms with van der Waals surface area (Å²) < 4.78 is 1.91. The van der Waals surface area contributed by atoms with E-state index in [1.54, 1.807) is 11.0 Å². The molecule has 3 heterocycles. The van der Waals surface area contributed by atoms with E-state index in [1.807, 2.05) is 31.2 Å². The summed E-state index contributed by atoms with van der Waals surface area (Å²) in [6.45, 7) is 6.64. The minimum absolute atomic E-state index is 0.0389. The van der Waals surface area contributed by atoms with Gasteiger partial charge >= 0.3 is 0 Å². The molecule has 2 aromatic heterocycles. The smallest absolute Gasteiger partial charge is 0.291 e. The fraction of sp³-hybridized carbons (Fsp3) is 0.333. The van der Waals surface area contributed by atoms with Crippen molar-refractivity contribution in [3.8, 4) is 0 Å². The van der Waals surface area contributed by atoms with Crippen LogP contribution in [-0.2, 0) is 4.79 Å². The van der Waals surface area contributed by atoms with Gasteiger partial charge in [0.25, 0.3) is 11.5 Å². The summed E-state index contributed by atoms with van der Waals surface area (Å²) in [4.78, 5) is 33.0. The normalized spacial score (nSPS) is 23.8. The number of hydrogen-bond donors (Lipinski definition) is 0. The molecule has 154 valence electrons. The highest BCUT2D eigenvalue weighted by Crippen LogP contribution is 2.64. The first-order valence-electron chi connectivity index (χ1n) is 9.63. The maximum Gasteiger partial charge on any atom is 0.291 e. The van der Waals surface area contributed by atoms with Crippen LogP contribution in [0.15, 0.2) is 39.6 Å². The van der Waals surface area contributed by atoms with E-state index in [0.29, 0.717) is 27.4 Å². The van der Waals surface area contributed by atoms with Crippen LogP contribution in [0.3, 0.4) is 0 Å². The Hall–Kier alpha value is -2.22. The van der Waals surface area contributed by atoms with Gasteiger partial charge in [0.15, 0.2) is 5.82 Å². The van der Waals surface area contributed by atoms with Crippen LogP contribution in [0.2, 0.25) is 0 Å². The van der Waals surface area contributed by atoms with Crippen molar-refractivity contribution < 1.29 is 4.79 Å². The zero-order valence-electron chi connectivity index (χ0n) is 16.5. The number of carbonyl (C=O) groups excluding carboxylic acids is 1. The molecule has 1 saturated carbocycles. The molecule has 1 aliphatic carbocycles. The number of para-hydroxylation sites is 1. The van der Waals surface area contributed by atoms with Gasteiger partial charge in [-0.25, -0.2) is 4.98 Å². The lowest BCUT2D eigenvalue weighted by molar-refractivity contribution is -0.113. The topological polar surface area (TPSA) is 67.6 Å². The summed E-state index contributed by atoms with van der Waals surface area (Å²) in [7, 11) is 0. The van der Waals surface area contributed by atoms with Crippen molar-refractivity contribution in [3.05, 3.63) is 61.1 Å². The van der Waals surface area contributed by atoms with Crippen LogP contribution >= 0.6 is 34.5 Å². The van der Waals surface area contributed by atoms with Crippen molar-refractivity contribution in [2.45, 2.75) is 26.7 Å². The van der Waals surface area contributed by atoms with Crippen LogP contribution in [0.4, 0.5) is 5.69 Å². The molecule has 0 radical (unpaired) electrons. The van der Waals surface area contributed by atoms with Crippen LogP contribution in [0.25, 0.3) is 10.5 Å². The maximum absolute atomic E-state index is 13.2. The summed E-state index contributed by atoms with van der Waals surface area (Å²) in [6.07, 6.45) is 1.80. The van der Waals surface area contributed by atoms with E-state index in [4.69, 9.17) is 23.2 Å². The van der Waals surface area contributed by atoms with E-state index in [0.717, 1.165) is 11.3 Å². The Kier molecular flexibility index (Phi) is 4.36. The number of anilines is 1. The fourth-order valence-corrected chi connectivity index (χ4v) is 5.74. The van der Waals surface area contributed by atoms with Crippen LogP contribution in [0.5, 0.6) is 0 Å². The Morgan fingerprint density at radius 2 is 2.00 bits per heavy atom. The predicted octanol–water partition coefficient (Wildman–Crippen LogP) is 3.49. The predicted molar refractivity (Wildman–Crippen MR) is 119 cm³/mol. The first kappa shape index (κ1) is 19.7. The third-order valence-corrected chi connectivity index (χ3v) is 7.42. The van der Waals surface area contributed by atoms with Crippen molar-refractivity contribution in [2.24, 2.45) is 11.3 Å². The first-order chi connectivity index (χ1) is 14.3. The van der Waals surface area contributed by atoms with Gasteiger partial charge in [-0.05, 0) is 30.4 Å². The molecule has 6 nitrogen and oxygen atoms in total. The highest BCUT2D eigenvalue weighted by atomic mass is 35.5. The van der Waals surface area contributed by atoms with Crippen molar-refractivity contribution in [3.63, 3.8) is 0 Å². The van der Waals surface area contributed by atoms with Gasteiger partial charge < -0.3 is 4.90 Å². The summed E-state index contributed by atoms with van der Waals surface area (Å²) >= 11 is 12.9. The number of amides is 1. The number of allylic oxidation sites excluding steroid dienone is 1. The molecule has 1 aromatic carbocycles. The molecule has 5 rings (SSSR count). The maximum atomic E-state index is 13.2. The third-order valence-electron chi connectivity index (χ3n) is 6.13. The number of fused-ring (bicyclic) bond motifs is 2. The zero-order chi connectivity index (χ0) is 21.4. The second-order valence-electron chi connectivity index (χ2n) is 8.12. The lowest BCUT2D eigenvalue weighted by Crippen LogP contribution is -2.32. The van der Waals surface area contributed by atoms with Gasteiger partial charge in [0.05, 0.1) is 11.3 Å².